The Kier molecular flexibility index (Phi) is 8.09. The number of amides is 3. The van der Waals surface area contributed by atoms with Crippen LogP contribution in [0.25, 0.3) is 0 Å². The molecule has 1 heterocycles. The second kappa shape index (κ2) is 10.1. The van der Waals surface area contributed by atoms with E-state index in [1.807, 2.05) is 0 Å². The Morgan fingerprint density at radius 2 is 1.87 bits per heavy atom. The van der Waals surface area contributed by atoms with Crippen molar-refractivity contribution < 1.29 is 28.7 Å². The molecule has 0 aromatic heterocycles. The van der Waals surface area contributed by atoms with E-state index in [2.05, 4.69) is 10.6 Å². The molecule has 30 heavy (non-hydrogen) atoms. The lowest BCUT2D eigenvalue weighted by molar-refractivity contribution is -0.146. The minimum absolute atomic E-state index is 0.121. The van der Waals surface area contributed by atoms with Crippen molar-refractivity contribution in [3.8, 4) is 0 Å². The van der Waals surface area contributed by atoms with Gasteiger partial charge in [-0.2, -0.15) is 0 Å². The molecule has 2 N–H and O–H groups in total. The molecule has 0 aromatic rings. The third-order valence-electron chi connectivity index (χ3n) is 5.43. The van der Waals surface area contributed by atoms with Crippen molar-refractivity contribution in [2.24, 2.45) is 11.8 Å². The summed E-state index contributed by atoms with van der Waals surface area (Å²) in [6.45, 7) is 5.90. The zero-order chi connectivity index (χ0) is 22.5. The number of rotatable bonds is 8. The van der Waals surface area contributed by atoms with Gasteiger partial charge in [-0.3, -0.25) is 14.5 Å². The summed E-state index contributed by atoms with van der Waals surface area (Å²) in [5, 5.41) is 5.51. The molecule has 3 unspecified atom stereocenters. The van der Waals surface area contributed by atoms with Crippen LogP contribution in [0.1, 0.15) is 59.3 Å². The maximum Gasteiger partial charge on any atom is 0.410 e. The van der Waals surface area contributed by atoms with E-state index in [1.54, 1.807) is 20.8 Å². The Morgan fingerprint density at radius 3 is 2.40 bits per heavy atom. The van der Waals surface area contributed by atoms with Gasteiger partial charge in [0.15, 0.2) is 0 Å². The zero-order valence-corrected chi connectivity index (χ0v) is 18.7. The van der Waals surface area contributed by atoms with E-state index in [4.69, 9.17) is 9.47 Å². The second-order valence-corrected chi connectivity index (χ2v) is 9.24. The van der Waals surface area contributed by atoms with E-state index in [9.17, 15) is 19.2 Å². The van der Waals surface area contributed by atoms with E-state index in [1.165, 1.54) is 19.1 Å². The summed E-state index contributed by atoms with van der Waals surface area (Å²) in [5.41, 5.74) is -0.686. The molecular weight excluding hydrogens is 390 g/mol. The van der Waals surface area contributed by atoms with Gasteiger partial charge in [0, 0.05) is 19.5 Å². The number of carbonyl (C=O) groups excluding carboxylic acids is 4. The van der Waals surface area contributed by atoms with Gasteiger partial charge in [0.2, 0.25) is 11.8 Å². The van der Waals surface area contributed by atoms with Crippen molar-refractivity contribution in [2.75, 3.05) is 20.7 Å². The molecule has 1 aliphatic carbocycles. The van der Waals surface area contributed by atoms with E-state index >= 15 is 0 Å². The number of nitrogens with zero attached hydrogens (tertiary/aromatic N) is 1. The molecule has 0 aromatic carbocycles. The van der Waals surface area contributed by atoms with Crippen LogP contribution in [0.4, 0.5) is 4.79 Å². The molecule has 0 radical (unpaired) electrons. The maximum atomic E-state index is 13.1. The number of esters is 1. The van der Waals surface area contributed by atoms with Gasteiger partial charge in [-0.05, 0) is 52.4 Å². The van der Waals surface area contributed by atoms with Gasteiger partial charge in [0.1, 0.15) is 17.7 Å². The average Bonchev–Trinajstić information content (AvgIpc) is 3.48. The number of hydrogen-bond donors (Lipinski definition) is 2. The summed E-state index contributed by atoms with van der Waals surface area (Å²) in [5.74, 6) is -1.17. The van der Waals surface area contributed by atoms with E-state index in [0.29, 0.717) is 25.3 Å². The molecule has 3 amide bonds. The van der Waals surface area contributed by atoms with Crippen molar-refractivity contribution in [1.29, 1.82) is 0 Å². The Morgan fingerprint density at radius 1 is 1.20 bits per heavy atom. The summed E-state index contributed by atoms with van der Waals surface area (Å²) >= 11 is 0. The molecule has 2 fully saturated rings. The molecule has 2 aliphatic rings. The molecule has 170 valence electrons. The van der Waals surface area contributed by atoms with Crippen molar-refractivity contribution in [3.63, 3.8) is 0 Å². The van der Waals surface area contributed by atoms with Crippen molar-refractivity contribution >= 4 is 23.9 Å². The van der Waals surface area contributed by atoms with E-state index in [-0.39, 0.29) is 18.2 Å². The predicted molar refractivity (Wildman–Crippen MR) is 109 cm³/mol. The van der Waals surface area contributed by atoms with Crippen LogP contribution in [0.5, 0.6) is 0 Å². The monoisotopic (exact) mass is 425 g/mol. The highest BCUT2D eigenvalue weighted by molar-refractivity contribution is 5.90. The first kappa shape index (κ1) is 24.0. The predicted octanol–water partition coefficient (Wildman–Crippen LogP) is 1.60. The maximum absolute atomic E-state index is 13.1. The number of nitrogens with one attached hydrogen (secondary N) is 2. The summed E-state index contributed by atoms with van der Waals surface area (Å²) in [6, 6.07) is -1.72. The molecule has 9 nitrogen and oxygen atoms in total. The van der Waals surface area contributed by atoms with Gasteiger partial charge in [-0.15, -0.1) is 0 Å². The first-order chi connectivity index (χ1) is 14.0. The third kappa shape index (κ3) is 7.18. The minimum atomic E-state index is -0.954. The first-order valence-electron chi connectivity index (χ1n) is 10.6. The Hall–Kier alpha value is -2.32. The SMILES string of the molecule is COC(=O)C(CC1CCCNC1=O)NC(=O)C(CC1CC1)N(C)C(=O)OC(C)(C)C. The van der Waals surface area contributed by atoms with Gasteiger partial charge >= 0.3 is 12.1 Å². The van der Waals surface area contributed by atoms with Crippen molar-refractivity contribution in [3.05, 3.63) is 0 Å². The Labute approximate surface area is 178 Å². The van der Waals surface area contributed by atoms with Crippen LogP contribution in [0.3, 0.4) is 0 Å². The molecule has 0 spiro atoms. The normalized spacial score (nSPS) is 21.1. The summed E-state index contributed by atoms with van der Waals surface area (Å²) < 4.78 is 10.3. The number of piperidine rings is 1. The number of hydrogen-bond acceptors (Lipinski definition) is 6. The standard InChI is InChI=1S/C21H35N3O6/c1-21(2,3)30-20(28)24(4)16(11-13-8-9-13)18(26)23-15(19(27)29-5)12-14-7-6-10-22-17(14)25/h13-16H,6-12H2,1-5H3,(H,22,25)(H,23,26). The largest absolute Gasteiger partial charge is 0.467 e. The fraction of sp³-hybridized carbons (Fsp3) is 0.810. The number of ether oxygens (including phenoxy) is 2. The lowest BCUT2D eigenvalue weighted by Gasteiger charge is -2.31. The summed E-state index contributed by atoms with van der Waals surface area (Å²) in [4.78, 5) is 51.3. The molecule has 3 atom stereocenters. The smallest absolute Gasteiger partial charge is 0.410 e. The Bertz CT molecular complexity index is 656. The topological polar surface area (TPSA) is 114 Å². The van der Waals surface area contributed by atoms with Crippen LogP contribution in [0.2, 0.25) is 0 Å². The van der Waals surface area contributed by atoms with Crippen LogP contribution in [-0.4, -0.2) is 67.2 Å². The van der Waals surface area contributed by atoms with Crippen LogP contribution < -0.4 is 10.6 Å². The molecule has 1 aliphatic heterocycles. The van der Waals surface area contributed by atoms with Crippen LogP contribution in [0.15, 0.2) is 0 Å². The van der Waals surface area contributed by atoms with Crippen molar-refractivity contribution in [2.45, 2.75) is 77.0 Å². The van der Waals surface area contributed by atoms with Gasteiger partial charge < -0.3 is 20.1 Å². The zero-order valence-electron chi connectivity index (χ0n) is 18.7. The first-order valence-corrected chi connectivity index (χ1v) is 10.6. The average molecular weight is 426 g/mol. The molecule has 1 saturated heterocycles. The second-order valence-electron chi connectivity index (χ2n) is 9.24. The highest BCUT2D eigenvalue weighted by Gasteiger charge is 2.38. The molecule has 0 bridgehead atoms. The lowest BCUT2D eigenvalue weighted by atomic mass is 9.91. The molecule has 1 saturated carbocycles. The van der Waals surface area contributed by atoms with E-state index in [0.717, 1.165) is 19.3 Å². The highest BCUT2D eigenvalue weighted by Crippen LogP contribution is 2.35. The summed E-state index contributed by atoms with van der Waals surface area (Å²) in [6.07, 6.45) is 3.56. The fourth-order valence-corrected chi connectivity index (χ4v) is 3.54. The third-order valence-corrected chi connectivity index (χ3v) is 5.43. The Balaban J connectivity index is 2.10. The van der Waals surface area contributed by atoms with E-state index < -0.39 is 35.7 Å². The van der Waals surface area contributed by atoms with Gasteiger partial charge in [-0.25, -0.2) is 9.59 Å². The van der Waals surface area contributed by atoms with Crippen LogP contribution >= 0.6 is 0 Å². The molecular formula is C21H35N3O6. The lowest BCUT2D eigenvalue weighted by Crippen LogP contribution is -2.54. The molecule has 9 heteroatoms. The van der Waals surface area contributed by atoms with Gasteiger partial charge in [0.25, 0.3) is 0 Å². The van der Waals surface area contributed by atoms with Crippen LogP contribution in [-0.2, 0) is 23.9 Å². The molecule has 2 rings (SSSR count). The van der Waals surface area contributed by atoms with Crippen LogP contribution in [0, 0.1) is 11.8 Å². The number of carbonyl (C=O) groups is 4. The van der Waals surface area contributed by atoms with Crippen molar-refractivity contribution in [1.82, 2.24) is 15.5 Å². The highest BCUT2D eigenvalue weighted by atomic mass is 16.6. The minimum Gasteiger partial charge on any atom is -0.467 e. The summed E-state index contributed by atoms with van der Waals surface area (Å²) in [7, 11) is 2.78. The quantitative estimate of drug-likeness (QED) is 0.571. The fourth-order valence-electron chi connectivity index (χ4n) is 3.54. The van der Waals surface area contributed by atoms with Gasteiger partial charge in [-0.1, -0.05) is 12.8 Å². The number of likely N-dealkylation sites (N-methyl/N-ethyl adjacent to an activating group) is 1. The van der Waals surface area contributed by atoms with Gasteiger partial charge in [0.05, 0.1) is 7.11 Å². The number of methoxy groups -OCH3 is 1.